The molecule has 0 atom stereocenters. The summed E-state index contributed by atoms with van der Waals surface area (Å²) in [6.45, 7) is 2.45. The zero-order chi connectivity index (χ0) is 13.0. The van der Waals surface area contributed by atoms with Crippen LogP contribution in [-0.4, -0.2) is 38.9 Å². The Labute approximate surface area is 124 Å². The number of hydrogen-bond acceptors (Lipinski definition) is 3. The van der Waals surface area contributed by atoms with Gasteiger partial charge >= 0.3 is 0 Å². The maximum atomic E-state index is 12.0. The molecule has 0 aliphatic carbocycles. The van der Waals surface area contributed by atoms with Crippen LogP contribution in [0.15, 0.2) is 29.7 Å². The standard InChI is InChI=1S/C12H15ClN2O2S.ClH/c13-12-3-1-11(2-4-12)5-10-18(16,17)15-8-6-14-7-9-15;/h1-5,10,14H,6-9H2;1H/b10-5+;. The highest BCUT2D eigenvalue weighted by Gasteiger charge is 2.20. The molecule has 0 aromatic heterocycles. The van der Waals surface area contributed by atoms with Crippen LogP contribution in [0.1, 0.15) is 5.56 Å². The summed E-state index contributed by atoms with van der Waals surface area (Å²) < 4.78 is 25.5. The molecule has 7 heteroatoms. The van der Waals surface area contributed by atoms with E-state index in [0.29, 0.717) is 31.2 Å². The van der Waals surface area contributed by atoms with Crippen LogP contribution in [0.3, 0.4) is 0 Å². The first kappa shape index (κ1) is 16.5. The van der Waals surface area contributed by atoms with Gasteiger partial charge in [-0.3, -0.25) is 0 Å². The lowest BCUT2D eigenvalue weighted by molar-refractivity contribution is 0.364. The molecule has 1 N–H and O–H groups in total. The van der Waals surface area contributed by atoms with E-state index in [9.17, 15) is 8.42 Å². The molecular formula is C12H16Cl2N2O2S. The first-order valence-corrected chi connectivity index (χ1v) is 7.60. The molecular weight excluding hydrogens is 307 g/mol. The fraction of sp³-hybridized carbons (Fsp3) is 0.333. The van der Waals surface area contributed by atoms with E-state index in [1.165, 1.54) is 9.71 Å². The second kappa shape index (κ2) is 7.26. The van der Waals surface area contributed by atoms with Crippen LogP contribution in [0.4, 0.5) is 0 Å². The van der Waals surface area contributed by atoms with Crippen LogP contribution < -0.4 is 5.32 Å². The zero-order valence-electron chi connectivity index (χ0n) is 10.3. The summed E-state index contributed by atoms with van der Waals surface area (Å²) in [6, 6.07) is 7.04. The van der Waals surface area contributed by atoms with Gasteiger partial charge in [-0.1, -0.05) is 23.7 Å². The molecule has 2 rings (SSSR count). The van der Waals surface area contributed by atoms with Crippen molar-refractivity contribution >= 4 is 40.1 Å². The number of nitrogens with zero attached hydrogens (tertiary/aromatic N) is 1. The molecule has 1 aliphatic heterocycles. The molecule has 0 saturated carbocycles. The van der Waals surface area contributed by atoms with E-state index < -0.39 is 10.0 Å². The summed E-state index contributed by atoms with van der Waals surface area (Å²) in [5.41, 5.74) is 0.818. The molecule has 1 saturated heterocycles. The third-order valence-electron chi connectivity index (χ3n) is 2.74. The Balaban J connectivity index is 0.00000180. The number of benzene rings is 1. The molecule has 0 radical (unpaired) electrons. The van der Waals surface area contributed by atoms with E-state index in [1.807, 2.05) is 0 Å². The molecule has 0 amide bonds. The normalized spacial score (nSPS) is 17.3. The highest BCUT2D eigenvalue weighted by atomic mass is 35.5. The lowest BCUT2D eigenvalue weighted by Gasteiger charge is -2.25. The average Bonchev–Trinajstić information content (AvgIpc) is 2.39. The van der Waals surface area contributed by atoms with Gasteiger partial charge in [0.25, 0.3) is 0 Å². The smallest absolute Gasteiger partial charge is 0.236 e. The molecule has 4 nitrogen and oxygen atoms in total. The minimum absolute atomic E-state index is 0. The summed E-state index contributed by atoms with van der Waals surface area (Å²) >= 11 is 5.77. The largest absolute Gasteiger partial charge is 0.314 e. The monoisotopic (exact) mass is 322 g/mol. The lowest BCUT2D eigenvalue weighted by atomic mass is 10.2. The summed E-state index contributed by atoms with van der Waals surface area (Å²) in [7, 11) is -3.31. The zero-order valence-corrected chi connectivity index (χ0v) is 12.6. The maximum absolute atomic E-state index is 12.0. The molecule has 106 valence electrons. The Morgan fingerprint density at radius 3 is 2.32 bits per heavy atom. The molecule has 19 heavy (non-hydrogen) atoms. The lowest BCUT2D eigenvalue weighted by Crippen LogP contribution is -2.45. The van der Waals surface area contributed by atoms with Gasteiger partial charge in [0.2, 0.25) is 10.0 Å². The van der Waals surface area contributed by atoms with Crippen molar-refractivity contribution < 1.29 is 8.42 Å². The van der Waals surface area contributed by atoms with Crippen molar-refractivity contribution in [2.75, 3.05) is 26.2 Å². The topological polar surface area (TPSA) is 49.4 Å². The molecule has 0 unspecified atom stereocenters. The quantitative estimate of drug-likeness (QED) is 0.925. The maximum Gasteiger partial charge on any atom is 0.236 e. The second-order valence-corrected chi connectivity index (χ2v) is 6.30. The Kier molecular flexibility index (Phi) is 6.29. The van der Waals surface area contributed by atoms with Gasteiger partial charge in [-0.25, -0.2) is 8.42 Å². The van der Waals surface area contributed by atoms with Gasteiger partial charge in [-0.05, 0) is 23.8 Å². The van der Waals surface area contributed by atoms with Gasteiger partial charge in [0.15, 0.2) is 0 Å². The number of nitrogens with one attached hydrogen (secondary N) is 1. The number of hydrogen-bond donors (Lipinski definition) is 1. The molecule has 1 aliphatic rings. The minimum Gasteiger partial charge on any atom is -0.314 e. The van der Waals surface area contributed by atoms with Gasteiger partial charge in [-0.15, -0.1) is 12.4 Å². The Bertz CT molecular complexity index is 523. The van der Waals surface area contributed by atoms with Crippen molar-refractivity contribution in [3.8, 4) is 0 Å². The Morgan fingerprint density at radius 2 is 1.74 bits per heavy atom. The summed E-state index contributed by atoms with van der Waals surface area (Å²) in [4.78, 5) is 0. The van der Waals surface area contributed by atoms with Crippen LogP contribution >= 0.6 is 24.0 Å². The summed E-state index contributed by atoms with van der Waals surface area (Å²) in [6.07, 6.45) is 1.59. The highest BCUT2D eigenvalue weighted by Crippen LogP contribution is 2.12. The summed E-state index contributed by atoms with van der Waals surface area (Å²) in [5.74, 6) is 0. The van der Waals surface area contributed by atoms with Gasteiger partial charge in [0, 0.05) is 36.6 Å². The molecule has 0 bridgehead atoms. The van der Waals surface area contributed by atoms with E-state index in [0.717, 1.165) is 5.56 Å². The molecule has 1 heterocycles. The Morgan fingerprint density at radius 1 is 1.16 bits per heavy atom. The van der Waals surface area contributed by atoms with Crippen molar-refractivity contribution in [2.45, 2.75) is 0 Å². The van der Waals surface area contributed by atoms with E-state index in [2.05, 4.69) is 5.32 Å². The van der Waals surface area contributed by atoms with E-state index in [-0.39, 0.29) is 12.4 Å². The number of piperazine rings is 1. The third kappa shape index (κ3) is 4.78. The fourth-order valence-corrected chi connectivity index (χ4v) is 3.04. The van der Waals surface area contributed by atoms with Crippen LogP contribution in [-0.2, 0) is 10.0 Å². The first-order valence-electron chi connectivity index (χ1n) is 5.72. The first-order chi connectivity index (χ1) is 8.58. The number of sulfonamides is 1. The van der Waals surface area contributed by atoms with Gasteiger partial charge in [-0.2, -0.15) is 4.31 Å². The van der Waals surface area contributed by atoms with Crippen molar-refractivity contribution in [2.24, 2.45) is 0 Å². The highest BCUT2D eigenvalue weighted by molar-refractivity contribution is 7.92. The minimum atomic E-state index is -3.31. The average molecular weight is 323 g/mol. The van der Waals surface area contributed by atoms with Crippen LogP contribution in [0.5, 0.6) is 0 Å². The third-order valence-corrected chi connectivity index (χ3v) is 4.56. The predicted molar refractivity (Wildman–Crippen MR) is 81.1 cm³/mol. The molecule has 0 spiro atoms. The van der Waals surface area contributed by atoms with E-state index >= 15 is 0 Å². The van der Waals surface area contributed by atoms with Crippen LogP contribution in [0.25, 0.3) is 6.08 Å². The van der Waals surface area contributed by atoms with Crippen molar-refractivity contribution in [3.05, 3.63) is 40.3 Å². The summed E-state index contributed by atoms with van der Waals surface area (Å²) in [5, 5.41) is 5.01. The fourth-order valence-electron chi connectivity index (χ4n) is 1.72. The second-order valence-electron chi connectivity index (χ2n) is 4.05. The Hall–Kier alpha value is -0.590. The van der Waals surface area contributed by atoms with Crippen LogP contribution in [0, 0.1) is 0 Å². The van der Waals surface area contributed by atoms with Crippen molar-refractivity contribution in [1.29, 1.82) is 0 Å². The van der Waals surface area contributed by atoms with Crippen molar-refractivity contribution in [1.82, 2.24) is 9.62 Å². The number of halogens is 2. The van der Waals surface area contributed by atoms with Gasteiger partial charge in [0.1, 0.15) is 0 Å². The number of rotatable bonds is 3. The van der Waals surface area contributed by atoms with Gasteiger partial charge < -0.3 is 5.32 Å². The van der Waals surface area contributed by atoms with E-state index in [4.69, 9.17) is 11.6 Å². The molecule has 1 aromatic rings. The van der Waals surface area contributed by atoms with Crippen molar-refractivity contribution in [3.63, 3.8) is 0 Å². The van der Waals surface area contributed by atoms with Crippen LogP contribution in [0.2, 0.25) is 5.02 Å². The van der Waals surface area contributed by atoms with E-state index in [1.54, 1.807) is 30.3 Å². The SMILES string of the molecule is Cl.O=S(=O)(/C=C/c1ccc(Cl)cc1)N1CCNCC1. The predicted octanol–water partition coefficient (Wildman–Crippen LogP) is 1.97. The van der Waals surface area contributed by atoms with Gasteiger partial charge in [0.05, 0.1) is 0 Å². The molecule has 1 fully saturated rings. The molecule has 1 aromatic carbocycles.